The van der Waals surface area contributed by atoms with E-state index in [2.05, 4.69) is 70.3 Å². The van der Waals surface area contributed by atoms with E-state index in [9.17, 15) is 0 Å². The van der Waals surface area contributed by atoms with Crippen LogP contribution in [0.2, 0.25) is 11.1 Å². The average Bonchev–Trinajstić information content (AvgIpc) is 2.87. The van der Waals surface area contributed by atoms with Crippen LogP contribution in [0, 0.1) is 6.92 Å². The van der Waals surface area contributed by atoms with Crippen molar-refractivity contribution in [3.63, 3.8) is 0 Å². The lowest BCUT2D eigenvalue weighted by atomic mass is 10.1. The van der Waals surface area contributed by atoms with E-state index in [1.54, 1.807) is 0 Å². The number of aryl methyl sites for hydroxylation is 1. The number of rotatable bonds is 4. The van der Waals surface area contributed by atoms with Gasteiger partial charge in [-0.2, -0.15) is 22.4 Å². The Kier molecular flexibility index (Phi) is 4.78. The molecule has 0 fully saturated rings. The zero-order valence-corrected chi connectivity index (χ0v) is 15.5. The Morgan fingerprint density at radius 2 is 1.50 bits per heavy atom. The van der Waals surface area contributed by atoms with Crippen LogP contribution in [0.15, 0.2) is 35.7 Å². The first-order valence-corrected chi connectivity index (χ1v) is 11.3. The topological polar surface area (TPSA) is 0 Å². The van der Waals surface area contributed by atoms with Crippen LogP contribution in [-0.4, -0.2) is 7.38 Å². The van der Waals surface area contributed by atoms with Crippen LogP contribution in [0.1, 0.15) is 33.3 Å². The Morgan fingerprint density at radius 3 is 2.00 bits per heavy atom. The van der Waals surface area contributed by atoms with Crippen molar-refractivity contribution < 1.29 is 0 Å². The molecule has 0 spiro atoms. The molecule has 0 aliphatic heterocycles. The second kappa shape index (κ2) is 6.04. The molecule has 0 saturated heterocycles. The molecule has 0 saturated carbocycles. The Hall–Kier alpha value is -0.573. The van der Waals surface area contributed by atoms with Gasteiger partial charge in [0.15, 0.2) is 0 Å². The SMILES string of the molecule is Cc1ccc(-c2ccsc2[Si](Cl)(C(C)C)C(C)C)cc1. The van der Waals surface area contributed by atoms with Crippen molar-refractivity contribution in [3.8, 4) is 11.1 Å². The first kappa shape index (κ1) is 15.8. The molecule has 20 heavy (non-hydrogen) atoms. The smallest absolute Gasteiger partial charge is 0.159 e. The quantitative estimate of drug-likeness (QED) is 0.483. The molecule has 1 aromatic heterocycles. The number of thiophene rings is 1. The standard InChI is InChI=1S/C17H23ClSSi/c1-12(2)20(18,13(3)4)17-16(10-11-19-17)15-8-6-14(5)7-9-15/h6-13H,1-5H3. The van der Waals surface area contributed by atoms with E-state index < -0.39 is 7.38 Å². The summed E-state index contributed by atoms with van der Waals surface area (Å²) < 4.78 is 1.44. The zero-order valence-electron chi connectivity index (χ0n) is 12.9. The molecule has 1 aromatic carbocycles. The summed E-state index contributed by atoms with van der Waals surface area (Å²) in [6.07, 6.45) is 0. The van der Waals surface area contributed by atoms with Gasteiger partial charge in [0, 0.05) is 4.50 Å². The minimum Gasteiger partial charge on any atom is -0.159 e. The van der Waals surface area contributed by atoms with Gasteiger partial charge in [0.1, 0.15) is 0 Å². The molecule has 0 bridgehead atoms. The Bertz CT molecular complexity index is 561. The predicted octanol–water partition coefficient (Wildman–Crippen LogP) is 5.93. The molecule has 2 rings (SSSR count). The van der Waals surface area contributed by atoms with Gasteiger partial charge >= 0.3 is 0 Å². The van der Waals surface area contributed by atoms with Crippen molar-refractivity contribution in [1.82, 2.24) is 0 Å². The van der Waals surface area contributed by atoms with Crippen LogP contribution in [-0.2, 0) is 0 Å². The Morgan fingerprint density at radius 1 is 0.950 bits per heavy atom. The summed E-state index contributed by atoms with van der Waals surface area (Å²) >= 11 is 9.05. The van der Waals surface area contributed by atoms with Crippen molar-refractivity contribution in [2.75, 3.05) is 0 Å². The highest BCUT2D eigenvalue weighted by molar-refractivity contribution is 7.40. The lowest BCUT2D eigenvalue weighted by Crippen LogP contribution is -2.47. The summed E-state index contributed by atoms with van der Waals surface area (Å²) in [5, 5.41) is 2.19. The lowest BCUT2D eigenvalue weighted by Gasteiger charge is -2.32. The van der Waals surface area contributed by atoms with E-state index in [0.717, 1.165) is 0 Å². The molecular weight excluding hydrogens is 300 g/mol. The van der Waals surface area contributed by atoms with Crippen LogP contribution >= 0.6 is 22.4 Å². The zero-order chi connectivity index (χ0) is 14.9. The molecule has 3 heteroatoms. The van der Waals surface area contributed by atoms with Gasteiger partial charge in [0.05, 0.1) is 0 Å². The molecule has 0 aliphatic rings. The Balaban J connectivity index is 2.55. The molecule has 2 aromatic rings. The van der Waals surface area contributed by atoms with E-state index >= 15 is 0 Å². The molecular formula is C17H23ClSSi. The first-order chi connectivity index (χ1) is 9.37. The maximum Gasteiger partial charge on any atom is 0.203 e. The summed E-state index contributed by atoms with van der Waals surface area (Å²) in [6.45, 7) is 11.2. The van der Waals surface area contributed by atoms with Crippen LogP contribution in [0.5, 0.6) is 0 Å². The highest BCUT2D eigenvalue weighted by Crippen LogP contribution is 2.39. The number of benzene rings is 1. The van der Waals surface area contributed by atoms with Crippen molar-refractivity contribution in [3.05, 3.63) is 41.3 Å². The fraction of sp³-hybridized carbons (Fsp3) is 0.412. The highest BCUT2D eigenvalue weighted by Gasteiger charge is 2.43. The molecule has 0 radical (unpaired) electrons. The third-order valence-corrected chi connectivity index (χ3v) is 14.0. The summed E-state index contributed by atoms with van der Waals surface area (Å²) in [7, 11) is -1.98. The summed E-state index contributed by atoms with van der Waals surface area (Å²) in [5.41, 5.74) is 5.01. The lowest BCUT2D eigenvalue weighted by molar-refractivity contribution is 0.942. The number of halogens is 1. The van der Waals surface area contributed by atoms with Gasteiger partial charge in [-0.25, -0.2) is 0 Å². The third kappa shape index (κ3) is 2.74. The molecule has 0 N–H and O–H groups in total. The van der Waals surface area contributed by atoms with Crippen molar-refractivity contribution in [1.29, 1.82) is 0 Å². The van der Waals surface area contributed by atoms with Gasteiger partial charge < -0.3 is 0 Å². The molecule has 1 heterocycles. The minimum absolute atomic E-state index is 0.534. The summed E-state index contributed by atoms with van der Waals surface area (Å²) in [4.78, 5) is 0. The maximum atomic E-state index is 7.21. The van der Waals surface area contributed by atoms with E-state index in [1.807, 2.05) is 11.3 Å². The fourth-order valence-corrected chi connectivity index (χ4v) is 9.48. The van der Waals surface area contributed by atoms with Gasteiger partial charge in [-0.3, -0.25) is 0 Å². The molecule has 0 aliphatic carbocycles. The van der Waals surface area contributed by atoms with E-state index in [1.165, 1.54) is 21.2 Å². The van der Waals surface area contributed by atoms with Gasteiger partial charge in [0.2, 0.25) is 7.38 Å². The highest BCUT2D eigenvalue weighted by atomic mass is 35.6. The van der Waals surface area contributed by atoms with Gasteiger partial charge in [-0.1, -0.05) is 57.5 Å². The maximum absolute atomic E-state index is 7.21. The minimum atomic E-state index is -1.98. The number of hydrogen-bond acceptors (Lipinski definition) is 1. The van der Waals surface area contributed by atoms with Crippen LogP contribution in [0.3, 0.4) is 0 Å². The third-order valence-electron chi connectivity index (χ3n) is 4.06. The van der Waals surface area contributed by atoms with Crippen molar-refractivity contribution >= 4 is 34.3 Å². The van der Waals surface area contributed by atoms with Gasteiger partial charge in [-0.15, -0.1) is 0 Å². The van der Waals surface area contributed by atoms with Crippen LogP contribution in [0.4, 0.5) is 0 Å². The van der Waals surface area contributed by atoms with Crippen molar-refractivity contribution in [2.45, 2.75) is 45.7 Å². The van der Waals surface area contributed by atoms with E-state index in [-0.39, 0.29) is 0 Å². The van der Waals surface area contributed by atoms with Gasteiger partial charge in [-0.05, 0) is 40.6 Å². The molecule has 0 nitrogen and oxygen atoms in total. The summed E-state index contributed by atoms with van der Waals surface area (Å²) in [6, 6.07) is 11.0. The monoisotopic (exact) mass is 322 g/mol. The summed E-state index contributed by atoms with van der Waals surface area (Å²) in [5.74, 6) is 0. The van der Waals surface area contributed by atoms with Crippen LogP contribution in [0.25, 0.3) is 11.1 Å². The van der Waals surface area contributed by atoms with Crippen LogP contribution < -0.4 is 4.50 Å². The Labute approximate surface area is 132 Å². The van der Waals surface area contributed by atoms with E-state index in [0.29, 0.717) is 11.1 Å². The van der Waals surface area contributed by atoms with Crippen molar-refractivity contribution in [2.24, 2.45) is 0 Å². The second-order valence-electron chi connectivity index (χ2n) is 6.11. The van der Waals surface area contributed by atoms with Gasteiger partial charge in [0.25, 0.3) is 0 Å². The molecule has 108 valence electrons. The van der Waals surface area contributed by atoms with E-state index in [4.69, 9.17) is 11.1 Å². The molecule has 0 unspecified atom stereocenters. The predicted molar refractivity (Wildman–Crippen MR) is 95.9 cm³/mol. The average molecular weight is 323 g/mol. The first-order valence-electron chi connectivity index (χ1n) is 7.21. The second-order valence-corrected chi connectivity index (χ2v) is 13.6. The number of hydrogen-bond donors (Lipinski definition) is 0. The normalized spacial score (nSPS) is 12.4. The molecule has 0 amide bonds. The largest absolute Gasteiger partial charge is 0.203 e. The molecule has 0 atom stereocenters. The fourth-order valence-electron chi connectivity index (χ4n) is 2.76.